The molecule has 6 aromatic carbocycles. The lowest BCUT2D eigenvalue weighted by Gasteiger charge is -2.32. The Balaban J connectivity index is 0.000000159. The van der Waals surface area contributed by atoms with E-state index >= 15 is 0 Å². The molecule has 9 aromatic rings. The Morgan fingerprint density at radius 2 is 0.745 bits per heavy atom. The molecule has 0 unspecified atom stereocenters. The molecule has 0 bridgehead atoms. The van der Waals surface area contributed by atoms with Gasteiger partial charge in [0.15, 0.2) is 0 Å². The van der Waals surface area contributed by atoms with Gasteiger partial charge in [0, 0.05) is 85.6 Å². The minimum Gasteiger partial charge on any atom is -0.497 e. The zero-order chi connectivity index (χ0) is 69.6. The topological polar surface area (TPSA) is 281 Å². The first-order valence-electron chi connectivity index (χ1n) is 31.4. The highest BCUT2D eigenvalue weighted by Crippen LogP contribution is 2.36. The number of aromatic nitrogens is 6. The monoisotopic (exact) mass is 1380 g/mol. The van der Waals surface area contributed by atoms with Crippen LogP contribution in [0.3, 0.4) is 0 Å². The normalized spacial score (nSPS) is 15.8. The Bertz CT molecular complexity index is 4400. The van der Waals surface area contributed by atoms with Gasteiger partial charge in [0.05, 0.1) is 52.0 Å². The maximum absolute atomic E-state index is 12.1. The number of methoxy groups -OCH3 is 1. The first kappa shape index (κ1) is 69.9. The van der Waals surface area contributed by atoms with Crippen LogP contribution in [0.2, 0.25) is 15.1 Å². The number of likely N-dealkylation sites (tertiary alicyclic amines) is 3. The number of ether oxygens (including phenoxy) is 4. The van der Waals surface area contributed by atoms with E-state index in [1.165, 1.54) is 18.2 Å². The Kier molecular flexibility index (Phi) is 23.0. The van der Waals surface area contributed by atoms with Crippen molar-refractivity contribution in [1.82, 2.24) is 44.0 Å². The van der Waals surface area contributed by atoms with Crippen LogP contribution in [0.15, 0.2) is 196 Å². The number of halogens is 3. The molecule has 98 heavy (non-hydrogen) atoms. The van der Waals surface area contributed by atoms with Crippen molar-refractivity contribution in [2.45, 2.75) is 56.7 Å². The minimum atomic E-state index is -0.567. The molecular weight excluding hydrogens is 1310 g/mol. The number of primary amides is 3. The second kappa shape index (κ2) is 32.2. The number of rotatable bonds is 19. The highest BCUT2D eigenvalue weighted by atomic mass is 35.5. The smallest absolute Gasteiger partial charge is 0.252 e. The third-order valence-electron chi connectivity index (χ3n) is 16.6. The third kappa shape index (κ3) is 17.4. The van der Waals surface area contributed by atoms with E-state index in [-0.39, 0.29) is 35.8 Å². The predicted octanol–water partition coefficient (Wildman–Crippen LogP) is 13.3. The number of amides is 6. The van der Waals surface area contributed by atoms with Gasteiger partial charge in [0.1, 0.15) is 57.3 Å². The van der Waals surface area contributed by atoms with Crippen LogP contribution < -0.4 is 36.1 Å². The first-order chi connectivity index (χ1) is 47.3. The van der Waals surface area contributed by atoms with Crippen LogP contribution in [-0.4, -0.2) is 126 Å². The van der Waals surface area contributed by atoms with Crippen LogP contribution in [-0.2, 0) is 14.4 Å². The summed E-state index contributed by atoms with van der Waals surface area (Å²) in [5.41, 5.74) is 21.6. The first-order valence-corrected chi connectivity index (χ1v) is 32.5. The summed E-state index contributed by atoms with van der Waals surface area (Å²) in [6.45, 7) is 14.3. The van der Waals surface area contributed by atoms with Crippen LogP contribution in [0.4, 0.5) is 0 Å². The van der Waals surface area contributed by atoms with E-state index in [0.29, 0.717) is 123 Å². The average Bonchev–Trinajstić information content (AvgIpc) is 1.67. The number of carbonyl (C=O) groups excluding carboxylic acids is 6. The van der Waals surface area contributed by atoms with Crippen LogP contribution in [0, 0.1) is 0 Å². The van der Waals surface area contributed by atoms with Gasteiger partial charge in [0.2, 0.25) is 17.7 Å². The summed E-state index contributed by atoms with van der Waals surface area (Å²) in [6.07, 6.45) is 14.0. The molecule has 3 saturated heterocycles. The lowest BCUT2D eigenvalue weighted by atomic mass is 10.1. The summed E-state index contributed by atoms with van der Waals surface area (Å²) < 4.78 is 27.9. The maximum atomic E-state index is 12.1. The molecule has 3 fully saturated rings. The lowest BCUT2D eigenvalue weighted by molar-refractivity contribution is -0.128. The molecule has 22 nitrogen and oxygen atoms in total. The van der Waals surface area contributed by atoms with E-state index in [1.807, 2.05) is 72.8 Å². The minimum absolute atomic E-state index is 0.0350. The molecule has 3 atom stereocenters. The van der Waals surface area contributed by atoms with E-state index in [4.69, 9.17) is 71.0 Å². The highest BCUT2D eigenvalue weighted by Gasteiger charge is 2.30. The van der Waals surface area contributed by atoms with Crippen molar-refractivity contribution in [1.29, 1.82) is 0 Å². The van der Waals surface area contributed by atoms with Crippen molar-refractivity contribution in [3.05, 3.63) is 228 Å². The van der Waals surface area contributed by atoms with Crippen molar-refractivity contribution in [2.24, 2.45) is 17.2 Å². The summed E-state index contributed by atoms with van der Waals surface area (Å²) in [6, 6.07) is 41.0. The molecule has 6 N–H and O–H groups in total. The lowest BCUT2D eigenvalue weighted by Crippen LogP contribution is -2.40. The molecule has 6 amide bonds. The van der Waals surface area contributed by atoms with Gasteiger partial charge in [-0.05, 0) is 184 Å². The van der Waals surface area contributed by atoms with Crippen LogP contribution >= 0.6 is 34.8 Å². The summed E-state index contributed by atoms with van der Waals surface area (Å²) in [5, 5.41) is 15.4. The third-order valence-corrected chi connectivity index (χ3v) is 17.6. The summed E-state index contributed by atoms with van der Waals surface area (Å²) in [7, 11) is 1.61. The van der Waals surface area contributed by atoms with E-state index in [2.05, 4.69) is 35.0 Å². The van der Waals surface area contributed by atoms with E-state index in [1.54, 1.807) is 121 Å². The zero-order valence-electron chi connectivity index (χ0n) is 53.6. The Hall–Kier alpha value is -10.9. The molecule has 504 valence electrons. The number of benzene rings is 6. The average molecular weight is 1380 g/mol. The van der Waals surface area contributed by atoms with Gasteiger partial charge in [-0.15, -0.1) is 0 Å². The Morgan fingerprint density at radius 1 is 0.429 bits per heavy atom. The number of hydrogen-bond donors (Lipinski definition) is 3. The molecule has 0 radical (unpaired) electrons. The molecule has 12 rings (SSSR count). The number of piperidine rings is 3. The molecule has 0 spiro atoms. The maximum Gasteiger partial charge on any atom is 0.252 e. The number of nitrogens with two attached hydrogens (primary N) is 3. The standard InChI is InChI=1S/C25H26N4O4.C24H22Cl2N4O3.C24H23ClN4O3/c1-3-23(30)28-14-4-5-18(15-28)29-16-22(25(26)31)24(27-29)17-6-8-20(9-7-17)33-21-12-10-19(32-2)11-13-21;1-2-22(31)29-11-3-4-16(13-29)30-14-19(24(27)32)23(28-30)15-5-7-17(8-6-15)33-18-9-10-20(25)21(26)12-18;1-2-22(30)28-12-4-6-18(14-28)29-15-21(24(26)31)23(27-29)16-8-10-19(11-9-16)32-20-7-3-5-17(25)13-20/h3,6-13,16,18H,1,4-5,14-15H2,2H3,(H2,26,31);2,5-10,12,14,16H,1,3-4,11,13H2,(H2,27,32);2-3,5,7-11,13,15,18H,1,4,6,12,14H2,(H2,26,31)/t18-;16-;18-/m111/s1. The van der Waals surface area contributed by atoms with Crippen molar-refractivity contribution in [3.63, 3.8) is 0 Å². The van der Waals surface area contributed by atoms with Crippen LogP contribution in [0.1, 0.15) is 87.7 Å². The largest absolute Gasteiger partial charge is 0.497 e. The van der Waals surface area contributed by atoms with Gasteiger partial charge in [-0.2, -0.15) is 15.3 Å². The van der Waals surface area contributed by atoms with E-state index < -0.39 is 17.7 Å². The highest BCUT2D eigenvalue weighted by molar-refractivity contribution is 6.42. The van der Waals surface area contributed by atoms with Crippen LogP contribution in [0.5, 0.6) is 40.2 Å². The molecular formula is C73H71Cl3N12O10. The Labute approximate surface area is 580 Å². The fraction of sp³-hybridized carbons (Fsp3) is 0.219. The molecule has 0 saturated carbocycles. The SMILES string of the molecule is C=CC(=O)N1CCC[C@@H](n2cc(C(N)=O)c(-c3ccc(Oc4ccc(Cl)c(Cl)c4)cc3)n2)C1.C=CC(=O)N1CCC[C@@H](n2cc(C(N)=O)c(-c3ccc(Oc4ccc(OC)cc4)cc3)n2)C1.C=CC(=O)N1CCC[C@@H](n2cc(C(N)=O)c(-c3ccc(Oc4cccc(Cl)c4)cc3)n2)C1. The second-order valence-corrected chi connectivity index (χ2v) is 24.4. The van der Waals surface area contributed by atoms with Crippen molar-refractivity contribution < 1.29 is 47.7 Å². The molecule has 6 heterocycles. The number of hydrogen-bond acceptors (Lipinski definition) is 13. The van der Waals surface area contributed by atoms with Crippen molar-refractivity contribution in [2.75, 3.05) is 46.4 Å². The van der Waals surface area contributed by atoms with Gasteiger partial charge in [0.25, 0.3) is 17.7 Å². The summed E-state index contributed by atoms with van der Waals surface area (Å²) in [4.78, 5) is 77.6. The van der Waals surface area contributed by atoms with Gasteiger partial charge in [-0.3, -0.25) is 42.8 Å². The molecule has 3 aliphatic rings. The zero-order valence-corrected chi connectivity index (χ0v) is 55.8. The van der Waals surface area contributed by atoms with E-state index in [9.17, 15) is 28.8 Å². The van der Waals surface area contributed by atoms with Gasteiger partial charge >= 0.3 is 0 Å². The van der Waals surface area contributed by atoms with E-state index in [0.717, 1.165) is 61.0 Å². The summed E-state index contributed by atoms with van der Waals surface area (Å²) in [5.74, 6) is 2.48. The van der Waals surface area contributed by atoms with Gasteiger partial charge in [-0.1, -0.05) is 60.6 Å². The predicted molar refractivity (Wildman–Crippen MR) is 375 cm³/mol. The fourth-order valence-corrected chi connectivity index (χ4v) is 12.1. The number of nitrogens with zero attached hydrogens (tertiary/aromatic N) is 9. The van der Waals surface area contributed by atoms with Crippen molar-refractivity contribution >= 4 is 70.2 Å². The molecule has 25 heteroatoms. The quantitative estimate of drug-likeness (QED) is 0.0636. The van der Waals surface area contributed by atoms with Gasteiger partial charge < -0.3 is 50.8 Å². The summed E-state index contributed by atoms with van der Waals surface area (Å²) >= 11 is 18.0. The number of carbonyl (C=O) groups is 6. The second-order valence-electron chi connectivity index (χ2n) is 23.1. The van der Waals surface area contributed by atoms with Gasteiger partial charge in [-0.25, -0.2) is 0 Å². The molecule has 3 aliphatic heterocycles. The van der Waals surface area contributed by atoms with Crippen molar-refractivity contribution in [3.8, 4) is 74.0 Å². The Morgan fingerprint density at radius 3 is 1.06 bits per heavy atom. The molecule has 0 aliphatic carbocycles. The van der Waals surface area contributed by atoms with Crippen LogP contribution in [0.25, 0.3) is 33.8 Å². The fourth-order valence-electron chi connectivity index (χ4n) is 11.6. The molecule has 3 aromatic heterocycles.